The number of carbonyl (C=O) groups excluding carboxylic acids is 1. The van der Waals surface area contributed by atoms with E-state index in [0.29, 0.717) is 17.5 Å². The van der Waals surface area contributed by atoms with E-state index in [-0.39, 0.29) is 0 Å². The molecule has 1 N–H and O–H groups in total. The predicted molar refractivity (Wildman–Crippen MR) is 110 cm³/mol. The minimum absolute atomic E-state index is 0.475. The number of carbonyl (C=O) groups is 1. The van der Waals surface area contributed by atoms with E-state index in [1.54, 1.807) is 36.3 Å². The average Bonchev–Trinajstić information content (AvgIpc) is 3.22. The fourth-order valence-electron chi connectivity index (χ4n) is 2.35. The highest BCUT2D eigenvalue weighted by atomic mass is 32.2. The number of amides is 1. The third kappa shape index (κ3) is 3.97. The van der Waals surface area contributed by atoms with Crippen LogP contribution >= 0.6 is 23.1 Å². The van der Waals surface area contributed by atoms with Gasteiger partial charge in [0, 0.05) is 24.7 Å². The summed E-state index contributed by atoms with van der Waals surface area (Å²) in [5.41, 5.74) is 1.54. The molecule has 1 amide bonds. The van der Waals surface area contributed by atoms with Gasteiger partial charge in [-0.1, -0.05) is 0 Å². The van der Waals surface area contributed by atoms with Crippen LogP contribution in [0.1, 0.15) is 0 Å². The molecule has 0 radical (unpaired) electrons. The van der Waals surface area contributed by atoms with Gasteiger partial charge < -0.3 is 15.1 Å². The molecular weight excluding hydrogens is 366 g/mol. The van der Waals surface area contributed by atoms with Crippen LogP contribution in [0.15, 0.2) is 52.9 Å². The van der Waals surface area contributed by atoms with E-state index >= 15 is 0 Å². The molecule has 2 aromatic heterocycles. The lowest BCUT2D eigenvalue weighted by atomic mass is 10.3. The second kappa shape index (κ2) is 8.20. The van der Waals surface area contributed by atoms with Gasteiger partial charge >= 0.3 is 0 Å². The maximum Gasteiger partial charge on any atom is 0.229 e. The molecule has 8 heteroatoms. The first-order chi connectivity index (χ1) is 12.6. The molecule has 2 heterocycles. The van der Waals surface area contributed by atoms with Crippen molar-refractivity contribution in [1.82, 2.24) is 9.97 Å². The fraction of sp³-hybridized carbons (Fsp3) is 0.167. The SMILES string of the molecule is CSc1ccc(Nc2ncc(N(C)C=O)c(N(C)c3cccs3)n2)cc1. The zero-order chi connectivity index (χ0) is 18.5. The van der Waals surface area contributed by atoms with Gasteiger partial charge in [0.15, 0.2) is 5.82 Å². The van der Waals surface area contributed by atoms with Crippen LogP contribution in [-0.4, -0.2) is 36.7 Å². The van der Waals surface area contributed by atoms with Crippen molar-refractivity contribution in [2.75, 3.05) is 35.5 Å². The van der Waals surface area contributed by atoms with Crippen LogP contribution in [0.25, 0.3) is 0 Å². The Balaban J connectivity index is 1.94. The highest BCUT2D eigenvalue weighted by Gasteiger charge is 2.17. The second-order valence-electron chi connectivity index (χ2n) is 5.48. The first kappa shape index (κ1) is 18.2. The molecule has 134 valence electrons. The Morgan fingerprint density at radius 2 is 1.96 bits per heavy atom. The van der Waals surface area contributed by atoms with Crippen molar-refractivity contribution in [3.63, 3.8) is 0 Å². The summed E-state index contributed by atoms with van der Waals surface area (Å²) in [5.74, 6) is 1.13. The van der Waals surface area contributed by atoms with Crippen LogP contribution in [0.3, 0.4) is 0 Å². The Hall–Kier alpha value is -2.58. The maximum absolute atomic E-state index is 11.2. The normalized spacial score (nSPS) is 10.4. The average molecular weight is 386 g/mol. The van der Waals surface area contributed by atoms with E-state index in [9.17, 15) is 4.79 Å². The van der Waals surface area contributed by atoms with Crippen molar-refractivity contribution in [3.8, 4) is 0 Å². The molecule has 0 fully saturated rings. The molecule has 1 aromatic carbocycles. The summed E-state index contributed by atoms with van der Waals surface area (Å²) in [5, 5.41) is 6.25. The highest BCUT2D eigenvalue weighted by molar-refractivity contribution is 7.98. The minimum atomic E-state index is 0.475. The molecule has 0 saturated carbocycles. The van der Waals surface area contributed by atoms with Gasteiger partial charge in [0.1, 0.15) is 5.69 Å². The predicted octanol–water partition coefficient (Wildman–Crippen LogP) is 4.36. The molecule has 0 aliphatic rings. The number of hydrogen-bond acceptors (Lipinski definition) is 7. The zero-order valence-electron chi connectivity index (χ0n) is 14.7. The van der Waals surface area contributed by atoms with Crippen LogP contribution in [0, 0.1) is 0 Å². The molecule has 0 saturated heterocycles. The van der Waals surface area contributed by atoms with Gasteiger partial charge in [-0.25, -0.2) is 4.98 Å². The number of aromatic nitrogens is 2. The Kier molecular flexibility index (Phi) is 5.75. The Morgan fingerprint density at radius 1 is 1.19 bits per heavy atom. The van der Waals surface area contributed by atoms with Gasteiger partial charge in [0.25, 0.3) is 0 Å². The summed E-state index contributed by atoms with van der Waals surface area (Å²) < 4.78 is 0. The third-order valence-electron chi connectivity index (χ3n) is 3.79. The molecule has 0 aliphatic heterocycles. The van der Waals surface area contributed by atoms with Gasteiger partial charge in [-0.3, -0.25) is 4.79 Å². The van der Waals surface area contributed by atoms with E-state index < -0.39 is 0 Å². The molecule has 6 nitrogen and oxygen atoms in total. The Bertz CT molecular complexity index is 868. The third-order valence-corrected chi connectivity index (χ3v) is 5.48. The summed E-state index contributed by atoms with van der Waals surface area (Å²) in [6.45, 7) is 0. The van der Waals surface area contributed by atoms with Gasteiger partial charge in [0.2, 0.25) is 12.4 Å². The zero-order valence-corrected chi connectivity index (χ0v) is 16.3. The number of anilines is 5. The van der Waals surface area contributed by atoms with E-state index in [2.05, 4.69) is 15.3 Å². The highest BCUT2D eigenvalue weighted by Crippen LogP contribution is 2.33. The lowest BCUT2D eigenvalue weighted by Crippen LogP contribution is -2.20. The van der Waals surface area contributed by atoms with Crippen molar-refractivity contribution in [3.05, 3.63) is 48.0 Å². The standard InChI is InChI=1S/C18H19N5OS2/c1-22(12-24)15-11-19-18(20-13-6-8-14(25-3)9-7-13)21-17(15)23(2)16-5-4-10-26-16/h4-12H,1-3H3,(H,19,20,21). The molecule has 0 unspecified atom stereocenters. The number of nitrogens with one attached hydrogen (secondary N) is 1. The molecule has 0 spiro atoms. The summed E-state index contributed by atoms with van der Waals surface area (Å²) >= 11 is 3.30. The number of thiophene rings is 1. The number of benzene rings is 1. The molecule has 3 rings (SSSR count). The molecule has 26 heavy (non-hydrogen) atoms. The molecule has 0 atom stereocenters. The van der Waals surface area contributed by atoms with Crippen LogP contribution < -0.4 is 15.1 Å². The summed E-state index contributed by atoms with van der Waals surface area (Å²) in [7, 11) is 3.61. The lowest BCUT2D eigenvalue weighted by Gasteiger charge is -2.23. The summed E-state index contributed by atoms with van der Waals surface area (Å²) in [6.07, 6.45) is 4.44. The van der Waals surface area contributed by atoms with E-state index in [1.807, 2.05) is 60.0 Å². The van der Waals surface area contributed by atoms with Gasteiger partial charge in [0.05, 0.1) is 11.2 Å². The quantitative estimate of drug-likeness (QED) is 0.481. The second-order valence-corrected chi connectivity index (χ2v) is 7.29. The van der Waals surface area contributed by atoms with Gasteiger partial charge in [-0.2, -0.15) is 4.98 Å². The molecular formula is C18H19N5OS2. The summed E-state index contributed by atoms with van der Waals surface area (Å²) in [6, 6.07) is 12.0. The van der Waals surface area contributed by atoms with Crippen LogP contribution in [0.5, 0.6) is 0 Å². The Morgan fingerprint density at radius 3 is 2.58 bits per heavy atom. The number of thioether (sulfide) groups is 1. The fourth-order valence-corrected chi connectivity index (χ4v) is 3.45. The van der Waals surface area contributed by atoms with Crippen LogP contribution in [0.2, 0.25) is 0 Å². The lowest BCUT2D eigenvalue weighted by molar-refractivity contribution is -0.107. The largest absolute Gasteiger partial charge is 0.324 e. The molecule has 3 aromatic rings. The molecule has 0 aliphatic carbocycles. The topological polar surface area (TPSA) is 61.4 Å². The van der Waals surface area contributed by atoms with E-state index in [1.165, 1.54) is 9.80 Å². The van der Waals surface area contributed by atoms with E-state index in [4.69, 9.17) is 0 Å². The monoisotopic (exact) mass is 385 g/mol. The summed E-state index contributed by atoms with van der Waals surface area (Å²) in [4.78, 5) is 24.8. The van der Waals surface area contributed by atoms with E-state index in [0.717, 1.165) is 17.1 Å². The number of nitrogens with zero attached hydrogens (tertiary/aromatic N) is 4. The van der Waals surface area contributed by atoms with Crippen molar-refractivity contribution >= 4 is 57.7 Å². The van der Waals surface area contributed by atoms with Crippen molar-refractivity contribution < 1.29 is 4.79 Å². The first-order valence-electron chi connectivity index (χ1n) is 7.86. The first-order valence-corrected chi connectivity index (χ1v) is 9.96. The number of hydrogen-bond donors (Lipinski definition) is 1. The van der Waals surface area contributed by atoms with Crippen molar-refractivity contribution in [2.45, 2.75) is 4.90 Å². The maximum atomic E-state index is 11.2. The van der Waals surface area contributed by atoms with Crippen molar-refractivity contribution in [1.29, 1.82) is 0 Å². The smallest absolute Gasteiger partial charge is 0.229 e. The van der Waals surface area contributed by atoms with Crippen molar-refractivity contribution in [2.24, 2.45) is 0 Å². The minimum Gasteiger partial charge on any atom is -0.324 e. The molecule has 0 bridgehead atoms. The Labute approximate surface area is 160 Å². The van der Waals surface area contributed by atoms with Crippen LogP contribution in [-0.2, 0) is 4.79 Å². The van der Waals surface area contributed by atoms with Gasteiger partial charge in [-0.15, -0.1) is 23.1 Å². The van der Waals surface area contributed by atoms with Gasteiger partial charge in [-0.05, 0) is 48.0 Å². The van der Waals surface area contributed by atoms with Crippen LogP contribution in [0.4, 0.5) is 28.1 Å². The number of rotatable bonds is 7.